The molecule has 1 aromatic heterocycles. The summed E-state index contributed by atoms with van der Waals surface area (Å²) in [5.74, 6) is 3.34. The second-order valence-corrected chi connectivity index (χ2v) is 7.17. The Morgan fingerprint density at radius 3 is 2.53 bits per heavy atom. The van der Waals surface area contributed by atoms with E-state index in [-0.39, 0.29) is 0 Å². The van der Waals surface area contributed by atoms with E-state index in [9.17, 15) is 0 Å². The average Bonchev–Trinajstić information content (AvgIpc) is 3.08. The summed E-state index contributed by atoms with van der Waals surface area (Å²) < 4.78 is 12.3. The number of rotatable bonds is 12. The Hall–Kier alpha value is -2.65. The third-order valence-corrected chi connectivity index (χ3v) is 4.85. The topological polar surface area (TPSA) is 88.8 Å². The molecule has 0 spiro atoms. The molecular weight excluding hydrogens is 382 g/mol. The van der Waals surface area contributed by atoms with Crippen LogP contribution in [-0.4, -0.2) is 73.1 Å². The molecule has 166 valence electrons. The molecule has 0 unspecified atom stereocenters. The van der Waals surface area contributed by atoms with Gasteiger partial charge in [-0.05, 0) is 38.1 Å². The fourth-order valence-electron chi connectivity index (χ4n) is 2.80. The van der Waals surface area contributed by atoms with Crippen molar-refractivity contribution in [1.82, 2.24) is 30.3 Å². The van der Waals surface area contributed by atoms with Crippen molar-refractivity contribution in [2.24, 2.45) is 12.0 Å². The first-order valence-electron chi connectivity index (χ1n) is 10.2. The van der Waals surface area contributed by atoms with E-state index in [1.807, 2.05) is 42.8 Å². The predicted octanol–water partition coefficient (Wildman–Crippen LogP) is 1.34. The first kappa shape index (κ1) is 23.6. The number of aromatic nitrogens is 3. The minimum Gasteiger partial charge on any atom is -0.497 e. The van der Waals surface area contributed by atoms with Crippen LogP contribution in [0.4, 0.5) is 0 Å². The molecule has 0 atom stereocenters. The Bertz CT molecular complexity index is 774. The summed E-state index contributed by atoms with van der Waals surface area (Å²) in [6, 6.07) is 7.94. The van der Waals surface area contributed by atoms with Crippen molar-refractivity contribution in [2.45, 2.75) is 26.4 Å². The lowest BCUT2D eigenvalue weighted by Gasteiger charge is -2.18. The van der Waals surface area contributed by atoms with Gasteiger partial charge >= 0.3 is 0 Å². The molecular formula is C21H35N7O2. The van der Waals surface area contributed by atoms with Gasteiger partial charge in [0.05, 0.1) is 20.2 Å². The van der Waals surface area contributed by atoms with Gasteiger partial charge in [-0.1, -0.05) is 12.1 Å². The molecule has 9 heteroatoms. The van der Waals surface area contributed by atoms with E-state index in [2.05, 4.69) is 32.8 Å². The highest BCUT2D eigenvalue weighted by Crippen LogP contribution is 2.11. The Labute approximate surface area is 179 Å². The number of hydrogen-bond acceptors (Lipinski definition) is 6. The van der Waals surface area contributed by atoms with Crippen molar-refractivity contribution in [1.29, 1.82) is 0 Å². The molecule has 30 heavy (non-hydrogen) atoms. The smallest absolute Gasteiger partial charge is 0.192 e. The molecule has 0 aliphatic heterocycles. The Morgan fingerprint density at radius 2 is 1.90 bits per heavy atom. The number of aliphatic imine (C=N–C) groups is 1. The van der Waals surface area contributed by atoms with Gasteiger partial charge in [0.1, 0.15) is 11.6 Å². The standard InChI is InChI=1S/C21H35N7O2/c1-17-25-26-20(28(17)3)16-24-21(22-11-13-27(2)12-6-14-29-4)23-15-18-7-9-19(30-5)10-8-18/h7-10H,6,11-16H2,1-5H3,(H2,22,23,24). The van der Waals surface area contributed by atoms with E-state index >= 15 is 0 Å². The van der Waals surface area contributed by atoms with Gasteiger partial charge in [0.2, 0.25) is 0 Å². The second kappa shape index (κ2) is 12.8. The van der Waals surface area contributed by atoms with E-state index in [0.29, 0.717) is 13.1 Å². The molecule has 0 bridgehead atoms. The molecule has 2 N–H and O–H groups in total. The molecule has 0 fully saturated rings. The summed E-state index contributed by atoms with van der Waals surface area (Å²) >= 11 is 0. The van der Waals surface area contributed by atoms with Gasteiger partial charge in [-0.3, -0.25) is 0 Å². The third kappa shape index (κ3) is 8.00. The monoisotopic (exact) mass is 417 g/mol. The van der Waals surface area contributed by atoms with Crippen LogP contribution in [0.1, 0.15) is 23.6 Å². The van der Waals surface area contributed by atoms with Crippen molar-refractivity contribution in [3.63, 3.8) is 0 Å². The van der Waals surface area contributed by atoms with Crippen LogP contribution in [0.2, 0.25) is 0 Å². The van der Waals surface area contributed by atoms with Gasteiger partial charge < -0.3 is 29.6 Å². The van der Waals surface area contributed by atoms with Crippen molar-refractivity contribution in [3.05, 3.63) is 41.5 Å². The van der Waals surface area contributed by atoms with E-state index in [4.69, 9.17) is 14.5 Å². The number of nitrogens with zero attached hydrogens (tertiary/aromatic N) is 5. The van der Waals surface area contributed by atoms with E-state index in [1.54, 1.807) is 14.2 Å². The largest absolute Gasteiger partial charge is 0.497 e. The van der Waals surface area contributed by atoms with Crippen LogP contribution in [0, 0.1) is 6.92 Å². The average molecular weight is 418 g/mol. The molecule has 1 heterocycles. The lowest BCUT2D eigenvalue weighted by molar-refractivity contribution is 0.180. The molecule has 1 aromatic carbocycles. The zero-order chi connectivity index (χ0) is 21.8. The first-order valence-corrected chi connectivity index (χ1v) is 10.2. The molecule has 2 aromatic rings. The minimum atomic E-state index is 0.551. The predicted molar refractivity (Wildman–Crippen MR) is 119 cm³/mol. The summed E-state index contributed by atoms with van der Waals surface area (Å²) in [6.45, 7) is 6.54. The minimum absolute atomic E-state index is 0.551. The molecule has 0 amide bonds. The van der Waals surface area contributed by atoms with E-state index in [1.165, 1.54) is 0 Å². The quantitative estimate of drug-likeness (QED) is 0.306. The molecule has 0 saturated carbocycles. The van der Waals surface area contributed by atoms with Gasteiger partial charge in [-0.2, -0.15) is 0 Å². The highest BCUT2D eigenvalue weighted by atomic mass is 16.5. The van der Waals surface area contributed by atoms with Crippen LogP contribution >= 0.6 is 0 Å². The highest BCUT2D eigenvalue weighted by Gasteiger charge is 2.07. The van der Waals surface area contributed by atoms with E-state index in [0.717, 1.165) is 61.6 Å². The number of methoxy groups -OCH3 is 2. The fraction of sp³-hybridized carbons (Fsp3) is 0.571. The van der Waals surface area contributed by atoms with Gasteiger partial charge in [0.25, 0.3) is 0 Å². The lowest BCUT2D eigenvalue weighted by atomic mass is 10.2. The molecule has 9 nitrogen and oxygen atoms in total. The number of benzene rings is 1. The van der Waals surface area contributed by atoms with Gasteiger partial charge in [0, 0.05) is 40.4 Å². The normalized spacial score (nSPS) is 11.7. The SMILES string of the molecule is COCCCN(C)CCNC(=NCc1ccc(OC)cc1)NCc1nnc(C)n1C. The molecule has 0 saturated heterocycles. The van der Waals surface area contributed by atoms with Crippen molar-refractivity contribution in [3.8, 4) is 5.75 Å². The number of aryl methyl sites for hydroxylation is 1. The summed E-state index contributed by atoms with van der Waals surface area (Å²) in [7, 11) is 7.47. The van der Waals surface area contributed by atoms with Crippen LogP contribution in [0.5, 0.6) is 5.75 Å². The molecule has 0 aliphatic rings. The van der Waals surface area contributed by atoms with Crippen molar-refractivity contribution in [2.75, 3.05) is 47.5 Å². The van der Waals surface area contributed by atoms with Crippen LogP contribution in [-0.2, 0) is 24.9 Å². The zero-order valence-corrected chi connectivity index (χ0v) is 18.8. The van der Waals surface area contributed by atoms with E-state index < -0.39 is 0 Å². The number of guanidine groups is 1. The zero-order valence-electron chi connectivity index (χ0n) is 18.8. The van der Waals surface area contributed by atoms with Gasteiger partial charge in [-0.15, -0.1) is 10.2 Å². The Kier molecular flexibility index (Phi) is 10.1. The summed E-state index contributed by atoms with van der Waals surface area (Å²) in [6.07, 6.45) is 1.02. The highest BCUT2D eigenvalue weighted by molar-refractivity contribution is 5.79. The molecule has 2 rings (SSSR count). The van der Waals surface area contributed by atoms with Crippen LogP contribution < -0.4 is 15.4 Å². The van der Waals surface area contributed by atoms with Crippen LogP contribution in [0.3, 0.4) is 0 Å². The fourth-order valence-corrected chi connectivity index (χ4v) is 2.80. The molecule has 0 aliphatic carbocycles. The number of nitrogens with one attached hydrogen (secondary N) is 2. The number of likely N-dealkylation sites (N-methyl/N-ethyl adjacent to an activating group) is 1. The van der Waals surface area contributed by atoms with Gasteiger partial charge in [0.15, 0.2) is 11.8 Å². The maximum absolute atomic E-state index is 5.22. The van der Waals surface area contributed by atoms with Gasteiger partial charge in [-0.25, -0.2) is 4.99 Å². The Balaban J connectivity index is 1.93. The van der Waals surface area contributed by atoms with Crippen molar-refractivity contribution >= 4 is 5.96 Å². The molecule has 0 radical (unpaired) electrons. The summed E-state index contributed by atoms with van der Waals surface area (Å²) in [5.41, 5.74) is 1.11. The lowest BCUT2D eigenvalue weighted by Crippen LogP contribution is -2.41. The Morgan fingerprint density at radius 1 is 1.13 bits per heavy atom. The second-order valence-electron chi connectivity index (χ2n) is 7.17. The summed E-state index contributed by atoms with van der Waals surface area (Å²) in [4.78, 5) is 7.01. The maximum Gasteiger partial charge on any atom is 0.192 e. The first-order chi connectivity index (χ1) is 14.5. The van der Waals surface area contributed by atoms with Crippen LogP contribution in [0.25, 0.3) is 0 Å². The third-order valence-electron chi connectivity index (χ3n) is 4.85. The number of ether oxygens (including phenoxy) is 2. The maximum atomic E-state index is 5.22. The van der Waals surface area contributed by atoms with Crippen LogP contribution in [0.15, 0.2) is 29.3 Å². The summed E-state index contributed by atoms with van der Waals surface area (Å²) in [5, 5.41) is 15.1. The van der Waals surface area contributed by atoms with Crippen molar-refractivity contribution < 1.29 is 9.47 Å². The number of hydrogen-bond donors (Lipinski definition) is 2.